The lowest BCUT2D eigenvalue weighted by Gasteiger charge is -2.30. The van der Waals surface area contributed by atoms with Crippen LogP contribution in [-0.2, 0) is 19.1 Å². The molecule has 1 unspecified atom stereocenters. The van der Waals surface area contributed by atoms with Gasteiger partial charge in [0.25, 0.3) is 11.8 Å². The van der Waals surface area contributed by atoms with Crippen LogP contribution >= 0.6 is 0 Å². The van der Waals surface area contributed by atoms with Gasteiger partial charge in [-0.25, -0.2) is 4.90 Å². The number of methoxy groups -OCH3 is 3. The second kappa shape index (κ2) is 9.72. The quantitative estimate of drug-likeness (QED) is 0.476. The standard InChI is InChI=1S/C23H26N2O6/c1-15-5-7-16(8-6-15)22(27)24(14-21(30-3)31-4)19-13-20(26)25(23(19)28)17-9-11-18(29-2)12-10-17/h5-12,19,21H,13-14H2,1-4H3. The average molecular weight is 426 g/mol. The lowest BCUT2D eigenvalue weighted by Crippen LogP contribution is -2.49. The smallest absolute Gasteiger partial charge is 0.257 e. The number of rotatable bonds is 8. The van der Waals surface area contributed by atoms with Gasteiger partial charge in [0, 0.05) is 19.8 Å². The minimum absolute atomic E-state index is 0.000150. The molecule has 1 aliphatic rings. The normalized spacial score (nSPS) is 16.2. The van der Waals surface area contributed by atoms with Gasteiger partial charge in [-0.15, -0.1) is 0 Å². The van der Waals surface area contributed by atoms with Crippen LogP contribution in [0.15, 0.2) is 48.5 Å². The fourth-order valence-electron chi connectivity index (χ4n) is 3.48. The largest absolute Gasteiger partial charge is 0.497 e. The van der Waals surface area contributed by atoms with Crippen molar-refractivity contribution in [3.63, 3.8) is 0 Å². The highest BCUT2D eigenvalue weighted by Crippen LogP contribution is 2.28. The molecule has 0 bridgehead atoms. The van der Waals surface area contributed by atoms with E-state index < -0.39 is 18.2 Å². The van der Waals surface area contributed by atoms with Crippen molar-refractivity contribution in [2.24, 2.45) is 0 Å². The SMILES string of the molecule is COc1ccc(N2C(=O)CC(N(CC(OC)OC)C(=O)c3ccc(C)cc3)C2=O)cc1. The van der Waals surface area contributed by atoms with Crippen LogP contribution in [0, 0.1) is 6.92 Å². The third kappa shape index (κ3) is 4.76. The monoisotopic (exact) mass is 426 g/mol. The van der Waals surface area contributed by atoms with Gasteiger partial charge in [0.2, 0.25) is 5.91 Å². The van der Waals surface area contributed by atoms with E-state index in [4.69, 9.17) is 14.2 Å². The highest BCUT2D eigenvalue weighted by atomic mass is 16.7. The van der Waals surface area contributed by atoms with Gasteiger partial charge in [-0.3, -0.25) is 14.4 Å². The fourth-order valence-corrected chi connectivity index (χ4v) is 3.48. The van der Waals surface area contributed by atoms with E-state index >= 15 is 0 Å². The molecule has 8 nitrogen and oxygen atoms in total. The summed E-state index contributed by atoms with van der Waals surface area (Å²) in [5.41, 5.74) is 1.85. The first-order chi connectivity index (χ1) is 14.9. The maximum atomic E-state index is 13.3. The molecule has 1 aliphatic heterocycles. The topological polar surface area (TPSA) is 85.4 Å². The van der Waals surface area contributed by atoms with Crippen LogP contribution in [0.3, 0.4) is 0 Å². The fraction of sp³-hybridized carbons (Fsp3) is 0.348. The van der Waals surface area contributed by atoms with E-state index in [9.17, 15) is 14.4 Å². The van der Waals surface area contributed by atoms with Crippen molar-refractivity contribution in [1.82, 2.24) is 4.90 Å². The lowest BCUT2D eigenvalue weighted by atomic mass is 10.1. The number of ether oxygens (including phenoxy) is 3. The molecule has 0 saturated carbocycles. The number of amides is 3. The summed E-state index contributed by atoms with van der Waals surface area (Å²) in [5, 5.41) is 0. The molecular formula is C23H26N2O6. The van der Waals surface area contributed by atoms with Crippen LogP contribution in [0.5, 0.6) is 5.75 Å². The Morgan fingerprint density at radius 1 is 1.03 bits per heavy atom. The number of carbonyl (C=O) groups excluding carboxylic acids is 3. The summed E-state index contributed by atoms with van der Waals surface area (Å²) in [7, 11) is 4.44. The molecule has 1 heterocycles. The van der Waals surface area contributed by atoms with Crippen LogP contribution < -0.4 is 9.64 Å². The van der Waals surface area contributed by atoms with E-state index in [1.807, 2.05) is 19.1 Å². The number of hydrogen-bond acceptors (Lipinski definition) is 6. The highest BCUT2D eigenvalue weighted by molar-refractivity contribution is 6.23. The summed E-state index contributed by atoms with van der Waals surface area (Å²) in [5.74, 6) is -0.615. The summed E-state index contributed by atoms with van der Waals surface area (Å²) in [6.45, 7) is 1.92. The molecular weight excluding hydrogens is 400 g/mol. The Morgan fingerprint density at radius 3 is 2.19 bits per heavy atom. The van der Waals surface area contributed by atoms with Crippen LogP contribution in [0.2, 0.25) is 0 Å². The molecule has 2 aromatic carbocycles. The number of nitrogens with zero attached hydrogens (tertiary/aromatic N) is 2. The number of benzene rings is 2. The maximum absolute atomic E-state index is 13.3. The van der Waals surface area contributed by atoms with E-state index in [1.54, 1.807) is 36.4 Å². The molecule has 0 aliphatic carbocycles. The van der Waals surface area contributed by atoms with E-state index in [0.29, 0.717) is 17.0 Å². The summed E-state index contributed by atoms with van der Waals surface area (Å²) in [6.07, 6.45) is -0.866. The van der Waals surface area contributed by atoms with Crippen molar-refractivity contribution in [3.8, 4) is 5.75 Å². The summed E-state index contributed by atoms with van der Waals surface area (Å²) in [6, 6.07) is 12.7. The van der Waals surface area contributed by atoms with Crippen LogP contribution in [0.25, 0.3) is 0 Å². The molecule has 3 amide bonds. The first-order valence-corrected chi connectivity index (χ1v) is 9.83. The van der Waals surface area contributed by atoms with Crippen LogP contribution in [0.4, 0.5) is 5.69 Å². The highest BCUT2D eigenvalue weighted by Gasteiger charge is 2.45. The molecule has 31 heavy (non-hydrogen) atoms. The van der Waals surface area contributed by atoms with Crippen molar-refractivity contribution in [3.05, 3.63) is 59.7 Å². The number of imide groups is 1. The molecule has 164 valence electrons. The van der Waals surface area contributed by atoms with Crippen LogP contribution in [0.1, 0.15) is 22.3 Å². The van der Waals surface area contributed by atoms with E-state index in [1.165, 1.54) is 26.2 Å². The minimum Gasteiger partial charge on any atom is -0.497 e. The molecule has 0 N–H and O–H groups in total. The third-order valence-corrected chi connectivity index (χ3v) is 5.26. The van der Waals surface area contributed by atoms with E-state index in [0.717, 1.165) is 10.5 Å². The van der Waals surface area contributed by atoms with Crippen LogP contribution in [-0.4, -0.2) is 62.8 Å². The van der Waals surface area contributed by atoms with Gasteiger partial charge >= 0.3 is 0 Å². The zero-order valence-electron chi connectivity index (χ0n) is 18.0. The van der Waals surface area contributed by atoms with E-state index in [-0.39, 0.29) is 24.8 Å². The Labute approximate surface area is 181 Å². The summed E-state index contributed by atoms with van der Waals surface area (Å²) < 4.78 is 15.6. The minimum atomic E-state index is -0.962. The zero-order chi connectivity index (χ0) is 22.5. The Balaban J connectivity index is 1.92. The summed E-state index contributed by atoms with van der Waals surface area (Å²) in [4.78, 5) is 41.8. The molecule has 0 radical (unpaired) electrons. The zero-order valence-corrected chi connectivity index (χ0v) is 18.0. The predicted molar refractivity (Wildman–Crippen MR) is 114 cm³/mol. The van der Waals surface area contributed by atoms with Gasteiger partial charge in [-0.2, -0.15) is 0 Å². The molecule has 3 rings (SSSR count). The van der Waals surface area contributed by atoms with Crippen molar-refractivity contribution < 1.29 is 28.6 Å². The predicted octanol–water partition coefficient (Wildman–Crippen LogP) is 2.40. The maximum Gasteiger partial charge on any atom is 0.257 e. The Hall–Kier alpha value is -3.23. The van der Waals surface area contributed by atoms with Gasteiger partial charge in [0.15, 0.2) is 6.29 Å². The second-order valence-electron chi connectivity index (χ2n) is 7.21. The number of aryl methyl sites for hydroxylation is 1. The first kappa shape index (κ1) is 22.5. The Bertz CT molecular complexity index is 938. The molecule has 1 saturated heterocycles. The molecule has 1 atom stereocenters. The van der Waals surface area contributed by atoms with Gasteiger partial charge in [-0.05, 0) is 43.3 Å². The Morgan fingerprint density at radius 2 is 1.65 bits per heavy atom. The van der Waals surface area contributed by atoms with Crippen molar-refractivity contribution in [2.75, 3.05) is 32.8 Å². The average Bonchev–Trinajstić information content (AvgIpc) is 3.08. The second-order valence-corrected chi connectivity index (χ2v) is 7.21. The molecule has 0 aromatic heterocycles. The number of hydrogen-bond donors (Lipinski definition) is 0. The Kier molecular flexibility index (Phi) is 7.04. The van der Waals surface area contributed by atoms with Gasteiger partial charge in [-0.1, -0.05) is 17.7 Å². The molecule has 2 aromatic rings. The first-order valence-electron chi connectivity index (χ1n) is 9.83. The van der Waals surface area contributed by atoms with Crippen molar-refractivity contribution in [1.29, 1.82) is 0 Å². The number of carbonyl (C=O) groups is 3. The molecule has 1 fully saturated rings. The molecule has 8 heteroatoms. The third-order valence-electron chi connectivity index (χ3n) is 5.26. The van der Waals surface area contributed by atoms with Crippen molar-refractivity contribution in [2.45, 2.75) is 25.7 Å². The van der Waals surface area contributed by atoms with Gasteiger partial charge in [0.05, 0.1) is 25.8 Å². The number of anilines is 1. The van der Waals surface area contributed by atoms with Gasteiger partial charge in [0.1, 0.15) is 11.8 Å². The summed E-state index contributed by atoms with van der Waals surface area (Å²) >= 11 is 0. The lowest BCUT2D eigenvalue weighted by molar-refractivity contribution is -0.128. The van der Waals surface area contributed by atoms with Crippen molar-refractivity contribution >= 4 is 23.4 Å². The molecule has 0 spiro atoms. The van der Waals surface area contributed by atoms with Gasteiger partial charge < -0.3 is 19.1 Å². The van der Waals surface area contributed by atoms with E-state index in [2.05, 4.69) is 0 Å².